The van der Waals surface area contributed by atoms with Crippen molar-refractivity contribution >= 4 is 0 Å². The van der Waals surface area contributed by atoms with Crippen LogP contribution in [0.4, 0.5) is 0 Å². The van der Waals surface area contributed by atoms with Gasteiger partial charge in [0, 0.05) is 18.8 Å². The third-order valence-corrected chi connectivity index (χ3v) is 2.76. The van der Waals surface area contributed by atoms with Gasteiger partial charge >= 0.3 is 0 Å². The summed E-state index contributed by atoms with van der Waals surface area (Å²) in [7, 11) is 0. The Hall–Kier alpha value is -1.04. The van der Waals surface area contributed by atoms with Gasteiger partial charge in [-0.1, -0.05) is 17.9 Å². The van der Waals surface area contributed by atoms with Crippen LogP contribution >= 0.6 is 0 Å². The lowest BCUT2D eigenvalue weighted by atomic mass is 10.00. The maximum atomic E-state index is 5.46. The van der Waals surface area contributed by atoms with Gasteiger partial charge in [-0.2, -0.15) is 0 Å². The Labute approximate surface area is 111 Å². The molecular formula is C16H24O2. The van der Waals surface area contributed by atoms with Crippen molar-refractivity contribution in [2.24, 2.45) is 0 Å². The van der Waals surface area contributed by atoms with Crippen LogP contribution < -0.4 is 0 Å². The summed E-state index contributed by atoms with van der Waals surface area (Å²) in [6, 6.07) is 0. The number of hydrogen-bond donors (Lipinski definition) is 0. The third kappa shape index (κ3) is 6.05. The van der Waals surface area contributed by atoms with Gasteiger partial charge in [-0.15, -0.1) is 0 Å². The predicted octanol–water partition coefficient (Wildman–Crippen LogP) is 3.84. The summed E-state index contributed by atoms with van der Waals surface area (Å²) in [5.41, 5.74) is 2.28. The number of allylic oxidation sites excluding steroid dienone is 3. The van der Waals surface area contributed by atoms with E-state index in [-0.39, 0.29) is 6.29 Å². The van der Waals surface area contributed by atoms with Gasteiger partial charge in [0.25, 0.3) is 0 Å². The Morgan fingerprint density at radius 2 is 2.06 bits per heavy atom. The van der Waals surface area contributed by atoms with Gasteiger partial charge < -0.3 is 9.47 Å². The Kier molecular flexibility index (Phi) is 7.48. The van der Waals surface area contributed by atoms with Crippen molar-refractivity contribution in [1.82, 2.24) is 0 Å². The zero-order chi connectivity index (χ0) is 13.2. The second kappa shape index (κ2) is 8.97. The smallest absolute Gasteiger partial charge is 0.177 e. The molecule has 1 rings (SSSR count). The van der Waals surface area contributed by atoms with Gasteiger partial charge in [-0.25, -0.2) is 0 Å². The van der Waals surface area contributed by atoms with Gasteiger partial charge in [0.2, 0.25) is 0 Å². The molecule has 1 aliphatic rings. The van der Waals surface area contributed by atoms with Crippen LogP contribution in [-0.2, 0) is 9.47 Å². The van der Waals surface area contributed by atoms with E-state index in [9.17, 15) is 0 Å². The quantitative estimate of drug-likeness (QED) is 0.543. The van der Waals surface area contributed by atoms with E-state index < -0.39 is 0 Å². The highest BCUT2D eigenvalue weighted by Crippen LogP contribution is 2.16. The number of hydrogen-bond acceptors (Lipinski definition) is 2. The van der Waals surface area contributed by atoms with Crippen molar-refractivity contribution in [3.05, 3.63) is 23.3 Å². The highest BCUT2D eigenvalue weighted by atomic mass is 16.7. The lowest BCUT2D eigenvalue weighted by Gasteiger charge is -2.12. The van der Waals surface area contributed by atoms with Crippen LogP contribution in [0.25, 0.3) is 0 Å². The molecule has 0 aromatic heterocycles. The zero-order valence-electron chi connectivity index (χ0n) is 11.8. The molecule has 0 saturated heterocycles. The van der Waals surface area contributed by atoms with Crippen LogP contribution in [0.5, 0.6) is 0 Å². The average molecular weight is 248 g/mol. The molecule has 0 spiro atoms. The van der Waals surface area contributed by atoms with E-state index in [0.29, 0.717) is 13.2 Å². The number of ether oxygens (including phenoxy) is 2. The summed E-state index contributed by atoms with van der Waals surface area (Å²) in [5.74, 6) is 6.43. The lowest BCUT2D eigenvalue weighted by Crippen LogP contribution is -2.14. The van der Waals surface area contributed by atoms with E-state index >= 15 is 0 Å². The maximum Gasteiger partial charge on any atom is 0.177 e. The summed E-state index contributed by atoms with van der Waals surface area (Å²) in [6.07, 6.45) is 8.80. The van der Waals surface area contributed by atoms with Gasteiger partial charge in [0.1, 0.15) is 0 Å². The minimum atomic E-state index is -0.269. The van der Waals surface area contributed by atoms with Crippen LogP contribution in [0.2, 0.25) is 0 Å². The van der Waals surface area contributed by atoms with E-state index in [4.69, 9.17) is 9.47 Å². The minimum absolute atomic E-state index is 0.269. The fourth-order valence-electron chi connectivity index (χ4n) is 1.85. The summed E-state index contributed by atoms with van der Waals surface area (Å²) in [5, 5.41) is 0. The molecule has 0 fully saturated rings. The van der Waals surface area contributed by atoms with Gasteiger partial charge in [-0.05, 0) is 58.1 Å². The monoisotopic (exact) mass is 248 g/mol. The second-order valence-electron chi connectivity index (χ2n) is 4.35. The highest BCUT2D eigenvalue weighted by molar-refractivity contribution is 5.37. The van der Waals surface area contributed by atoms with Crippen LogP contribution in [0.3, 0.4) is 0 Å². The highest BCUT2D eigenvalue weighted by Gasteiger charge is 2.03. The lowest BCUT2D eigenvalue weighted by molar-refractivity contribution is -0.104. The molecule has 0 N–H and O–H groups in total. The number of rotatable bonds is 5. The molecule has 0 bridgehead atoms. The van der Waals surface area contributed by atoms with Gasteiger partial charge in [0.15, 0.2) is 6.29 Å². The average Bonchev–Trinajstić information content (AvgIpc) is 2.38. The third-order valence-electron chi connectivity index (χ3n) is 2.76. The second-order valence-corrected chi connectivity index (χ2v) is 4.35. The first-order valence-electron chi connectivity index (χ1n) is 6.89. The van der Waals surface area contributed by atoms with E-state index in [1.54, 1.807) is 0 Å². The summed E-state index contributed by atoms with van der Waals surface area (Å²) >= 11 is 0. The predicted molar refractivity (Wildman–Crippen MR) is 75.1 cm³/mol. The maximum absolute atomic E-state index is 5.46. The van der Waals surface area contributed by atoms with E-state index in [0.717, 1.165) is 12.0 Å². The van der Waals surface area contributed by atoms with E-state index in [1.165, 1.54) is 24.8 Å². The fourth-order valence-corrected chi connectivity index (χ4v) is 1.85. The van der Waals surface area contributed by atoms with E-state index in [1.807, 2.05) is 26.8 Å². The minimum Gasteiger partial charge on any atom is -0.349 e. The first kappa shape index (κ1) is 15.0. The topological polar surface area (TPSA) is 18.5 Å². The summed E-state index contributed by atoms with van der Waals surface area (Å²) < 4.78 is 10.9. The normalized spacial score (nSPS) is 16.2. The van der Waals surface area contributed by atoms with Crippen LogP contribution in [0, 0.1) is 11.8 Å². The first-order valence-corrected chi connectivity index (χ1v) is 6.89. The molecule has 2 nitrogen and oxygen atoms in total. The van der Waals surface area contributed by atoms with Crippen molar-refractivity contribution in [2.45, 2.75) is 52.7 Å². The largest absolute Gasteiger partial charge is 0.349 e. The molecule has 0 radical (unpaired) electrons. The molecule has 2 heteroatoms. The molecule has 0 aromatic carbocycles. The molecular weight excluding hydrogens is 224 g/mol. The van der Waals surface area contributed by atoms with Crippen LogP contribution in [0.1, 0.15) is 46.5 Å². The molecule has 0 heterocycles. The van der Waals surface area contributed by atoms with Crippen molar-refractivity contribution in [2.75, 3.05) is 13.2 Å². The molecule has 0 aliphatic heterocycles. The molecule has 18 heavy (non-hydrogen) atoms. The summed E-state index contributed by atoms with van der Waals surface area (Å²) in [4.78, 5) is 0. The molecule has 0 unspecified atom stereocenters. The Balaban J connectivity index is 2.58. The van der Waals surface area contributed by atoms with Crippen molar-refractivity contribution in [3.63, 3.8) is 0 Å². The molecule has 0 saturated carbocycles. The first-order chi connectivity index (χ1) is 8.76. The standard InChI is InChI=1S/C16H24O2/c1-4-17-16(18-5-2)13-14(3)11-12-15-9-7-6-8-10-15/h9,13,16H,4-8,10H2,1-3H3. The molecule has 1 aliphatic carbocycles. The van der Waals surface area contributed by atoms with Crippen LogP contribution in [-0.4, -0.2) is 19.5 Å². The molecule has 0 atom stereocenters. The van der Waals surface area contributed by atoms with Crippen molar-refractivity contribution in [3.8, 4) is 11.8 Å². The Morgan fingerprint density at radius 3 is 2.61 bits per heavy atom. The molecule has 0 amide bonds. The van der Waals surface area contributed by atoms with E-state index in [2.05, 4.69) is 17.9 Å². The fraction of sp³-hybridized carbons (Fsp3) is 0.625. The Morgan fingerprint density at radius 1 is 1.33 bits per heavy atom. The molecule has 100 valence electrons. The SMILES string of the molecule is CCOC(C=C(C)C#CC1=CCCCC1)OCC. The Bertz CT molecular complexity index is 349. The molecule has 0 aromatic rings. The van der Waals surface area contributed by atoms with Crippen molar-refractivity contribution in [1.29, 1.82) is 0 Å². The van der Waals surface area contributed by atoms with Crippen LogP contribution in [0.15, 0.2) is 23.3 Å². The van der Waals surface area contributed by atoms with Gasteiger partial charge in [0.05, 0.1) is 0 Å². The summed E-state index contributed by atoms with van der Waals surface area (Å²) in [6.45, 7) is 7.23. The van der Waals surface area contributed by atoms with Gasteiger partial charge in [-0.3, -0.25) is 0 Å². The zero-order valence-corrected chi connectivity index (χ0v) is 11.8. The van der Waals surface area contributed by atoms with Crippen molar-refractivity contribution < 1.29 is 9.47 Å².